The van der Waals surface area contributed by atoms with Crippen LogP contribution in [0.5, 0.6) is 0 Å². The summed E-state index contributed by atoms with van der Waals surface area (Å²) in [6.45, 7) is 3.44. The molecule has 1 nitrogen and oxygen atoms in total. The zero-order valence-corrected chi connectivity index (χ0v) is 12.9. The Morgan fingerprint density at radius 1 is 0.905 bits per heavy atom. The Labute approximate surface area is 128 Å². The minimum Gasteiger partial charge on any atom is -0.310 e. The fourth-order valence-corrected chi connectivity index (χ4v) is 3.27. The van der Waals surface area contributed by atoms with Gasteiger partial charge in [0, 0.05) is 6.04 Å². The molecular formula is C20H25N. The molecule has 1 saturated carbocycles. The largest absolute Gasteiger partial charge is 0.310 e. The van der Waals surface area contributed by atoms with Crippen LogP contribution in [0.2, 0.25) is 0 Å². The quantitative estimate of drug-likeness (QED) is 0.793. The molecule has 1 unspecified atom stereocenters. The zero-order chi connectivity index (χ0) is 14.5. The van der Waals surface area contributed by atoms with E-state index in [2.05, 4.69) is 66.8 Å². The van der Waals surface area contributed by atoms with Gasteiger partial charge in [0.25, 0.3) is 0 Å². The van der Waals surface area contributed by atoms with Crippen molar-refractivity contribution in [2.24, 2.45) is 5.92 Å². The molecule has 0 heterocycles. The van der Waals surface area contributed by atoms with Gasteiger partial charge in [0.15, 0.2) is 0 Å². The third kappa shape index (κ3) is 3.74. The van der Waals surface area contributed by atoms with Crippen molar-refractivity contribution in [2.45, 2.75) is 38.6 Å². The topological polar surface area (TPSA) is 12.0 Å². The summed E-state index contributed by atoms with van der Waals surface area (Å²) in [5, 5.41) is 3.70. The van der Waals surface area contributed by atoms with E-state index in [0.717, 1.165) is 5.92 Å². The van der Waals surface area contributed by atoms with Gasteiger partial charge in [-0.25, -0.2) is 0 Å². The van der Waals surface area contributed by atoms with Gasteiger partial charge in [-0.3, -0.25) is 0 Å². The molecule has 1 atom stereocenters. The van der Waals surface area contributed by atoms with Crippen molar-refractivity contribution >= 4 is 0 Å². The number of rotatable bonds is 5. The van der Waals surface area contributed by atoms with Gasteiger partial charge in [0.2, 0.25) is 0 Å². The molecule has 0 spiro atoms. The van der Waals surface area contributed by atoms with Crippen molar-refractivity contribution in [3.8, 4) is 11.1 Å². The highest BCUT2D eigenvalue weighted by molar-refractivity contribution is 5.63. The lowest BCUT2D eigenvalue weighted by molar-refractivity contribution is 0.452. The lowest BCUT2D eigenvalue weighted by atomic mass is 10.0. The van der Waals surface area contributed by atoms with Gasteiger partial charge >= 0.3 is 0 Å². The molecule has 1 heteroatoms. The normalized spacial score (nSPS) is 17.0. The van der Waals surface area contributed by atoms with Crippen LogP contribution in [0.15, 0.2) is 54.6 Å². The van der Waals surface area contributed by atoms with Crippen molar-refractivity contribution in [2.75, 3.05) is 6.54 Å². The van der Waals surface area contributed by atoms with Crippen molar-refractivity contribution in [1.29, 1.82) is 0 Å². The van der Waals surface area contributed by atoms with E-state index in [9.17, 15) is 0 Å². The minimum absolute atomic E-state index is 0.440. The molecule has 1 fully saturated rings. The summed E-state index contributed by atoms with van der Waals surface area (Å²) >= 11 is 0. The van der Waals surface area contributed by atoms with Crippen LogP contribution in [-0.4, -0.2) is 6.54 Å². The summed E-state index contributed by atoms with van der Waals surface area (Å²) in [5.41, 5.74) is 3.96. The molecule has 0 aliphatic heterocycles. The minimum atomic E-state index is 0.440. The van der Waals surface area contributed by atoms with Crippen molar-refractivity contribution in [3.05, 3.63) is 60.2 Å². The summed E-state index contributed by atoms with van der Waals surface area (Å²) in [6, 6.07) is 20.0. The van der Waals surface area contributed by atoms with Crippen LogP contribution in [0.4, 0.5) is 0 Å². The Bertz CT molecular complexity index is 538. The van der Waals surface area contributed by atoms with E-state index < -0.39 is 0 Å². The zero-order valence-electron chi connectivity index (χ0n) is 12.9. The summed E-state index contributed by atoms with van der Waals surface area (Å²) in [4.78, 5) is 0. The van der Waals surface area contributed by atoms with E-state index in [-0.39, 0.29) is 0 Å². The van der Waals surface area contributed by atoms with E-state index in [1.807, 2.05) is 0 Å². The standard InChI is InChI=1S/C20H25N/c1-16(21-15-17-7-5-6-8-17)18-11-13-20(14-12-18)19-9-3-2-4-10-19/h2-4,9-14,16-17,21H,5-8,15H2,1H3. The van der Waals surface area contributed by atoms with Crippen LogP contribution in [0, 0.1) is 5.92 Å². The van der Waals surface area contributed by atoms with Crippen LogP contribution in [0.25, 0.3) is 11.1 Å². The lowest BCUT2D eigenvalue weighted by Gasteiger charge is -2.17. The van der Waals surface area contributed by atoms with Crippen LogP contribution >= 0.6 is 0 Å². The summed E-state index contributed by atoms with van der Waals surface area (Å²) in [6.07, 6.45) is 5.67. The van der Waals surface area contributed by atoms with Crippen LogP contribution in [-0.2, 0) is 0 Å². The van der Waals surface area contributed by atoms with Crippen molar-refractivity contribution in [3.63, 3.8) is 0 Å². The predicted octanol–water partition coefficient (Wildman–Crippen LogP) is 5.19. The predicted molar refractivity (Wildman–Crippen MR) is 90.3 cm³/mol. The van der Waals surface area contributed by atoms with E-state index in [0.29, 0.717) is 6.04 Å². The molecular weight excluding hydrogens is 254 g/mol. The molecule has 0 aromatic heterocycles. The molecule has 1 aliphatic carbocycles. The van der Waals surface area contributed by atoms with Crippen molar-refractivity contribution in [1.82, 2.24) is 5.32 Å². The highest BCUT2D eigenvalue weighted by Crippen LogP contribution is 2.25. The van der Waals surface area contributed by atoms with E-state index >= 15 is 0 Å². The first-order valence-corrected chi connectivity index (χ1v) is 8.22. The maximum atomic E-state index is 3.70. The molecule has 0 bridgehead atoms. The summed E-state index contributed by atoms with van der Waals surface area (Å²) in [7, 11) is 0. The monoisotopic (exact) mass is 279 g/mol. The highest BCUT2D eigenvalue weighted by Gasteiger charge is 2.15. The van der Waals surface area contributed by atoms with E-state index in [1.54, 1.807) is 0 Å². The van der Waals surface area contributed by atoms with Crippen molar-refractivity contribution < 1.29 is 0 Å². The van der Waals surface area contributed by atoms with Gasteiger partial charge in [-0.2, -0.15) is 0 Å². The van der Waals surface area contributed by atoms with Gasteiger partial charge in [0.05, 0.1) is 0 Å². The third-order valence-corrected chi connectivity index (χ3v) is 4.71. The van der Waals surface area contributed by atoms with Gasteiger partial charge in [-0.1, -0.05) is 67.4 Å². The van der Waals surface area contributed by atoms with E-state index in [4.69, 9.17) is 0 Å². The first-order chi connectivity index (χ1) is 10.3. The van der Waals surface area contributed by atoms with Gasteiger partial charge in [-0.05, 0) is 48.9 Å². The Balaban J connectivity index is 1.60. The Morgan fingerprint density at radius 2 is 1.52 bits per heavy atom. The Kier molecular flexibility index (Phi) is 4.72. The fraction of sp³-hybridized carbons (Fsp3) is 0.400. The molecule has 0 saturated heterocycles. The third-order valence-electron chi connectivity index (χ3n) is 4.71. The van der Waals surface area contributed by atoms with Crippen LogP contribution in [0.1, 0.15) is 44.2 Å². The Morgan fingerprint density at radius 3 is 2.19 bits per heavy atom. The van der Waals surface area contributed by atoms with E-state index in [1.165, 1.54) is 48.9 Å². The Hall–Kier alpha value is -1.60. The maximum Gasteiger partial charge on any atom is 0.0291 e. The van der Waals surface area contributed by atoms with Gasteiger partial charge in [0.1, 0.15) is 0 Å². The number of benzene rings is 2. The molecule has 1 aliphatic rings. The fourth-order valence-electron chi connectivity index (χ4n) is 3.27. The second kappa shape index (κ2) is 6.91. The average molecular weight is 279 g/mol. The molecule has 110 valence electrons. The molecule has 2 aromatic carbocycles. The average Bonchev–Trinajstić information content (AvgIpc) is 3.07. The smallest absolute Gasteiger partial charge is 0.0291 e. The van der Waals surface area contributed by atoms with Crippen LogP contribution < -0.4 is 5.32 Å². The first kappa shape index (κ1) is 14.3. The van der Waals surface area contributed by atoms with Gasteiger partial charge in [-0.15, -0.1) is 0 Å². The highest BCUT2D eigenvalue weighted by atomic mass is 14.9. The molecule has 1 N–H and O–H groups in total. The molecule has 3 rings (SSSR count). The number of hydrogen-bond acceptors (Lipinski definition) is 1. The van der Waals surface area contributed by atoms with Gasteiger partial charge < -0.3 is 5.32 Å². The maximum absolute atomic E-state index is 3.70. The van der Waals surface area contributed by atoms with Crippen LogP contribution in [0.3, 0.4) is 0 Å². The molecule has 0 amide bonds. The molecule has 21 heavy (non-hydrogen) atoms. The number of nitrogens with one attached hydrogen (secondary N) is 1. The lowest BCUT2D eigenvalue weighted by Crippen LogP contribution is -2.24. The second-order valence-corrected chi connectivity index (χ2v) is 6.27. The SMILES string of the molecule is CC(NCC1CCCC1)c1ccc(-c2ccccc2)cc1. The first-order valence-electron chi connectivity index (χ1n) is 8.22. The summed E-state index contributed by atoms with van der Waals surface area (Å²) < 4.78 is 0. The summed E-state index contributed by atoms with van der Waals surface area (Å²) in [5.74, 6) is 0.899. The molecule has 0 radical (unpaired) electrons. The second-order valence-electron chi connectivity index (χ2n) is 6.27. The molecule has 2 aromatic rings. The number of hydrogen-bond donors (Lipinski definition) is 1.